The number of nitrogens with zero attached hydrogens (tertiary/aromatic N) is 2. The molecular weight excluding hydrogens is 265 g/mol. The van der Waals surface area contributed by atoms with E-state index in [1.807, 2.05) is 12.1 Å². The van der Waals surface area contributed by atoms with Crippen molar-refractivity contribution in [3.05, 3.63) is 35.6 Å². The lowest BCUT2D eigenvalue weighted by Gasteiger charge is -2.32. The van der Waals surface area contributed by atoms with Crippen LogP contribution in [0.1, 0.15) is 31.4 Å². The second-order valence-corrected chi connectivity index (χ2v) is 5.96. The lowest BCUT2D eigenvalue weighted by molar-refractivity contribution is 0.152. The van der Waals surface area contributed by atoms with Gasteiger partial charge in [0.2, 0.25) is 0 Å². The van der Waals surface area contributed by atoms with Gasteiger partial charge in [0.25, 0.3) is 0 Å². The normalized spacial score (nSPS) is 18.8. The Balaban J connectivity index is 1.67. The van der Waals surface area contributed by atoms with Crippen LogP contribution in [-0.2, 0) is 0 Å². The molecule has 21 heavy (non-hydrogen) atoms. The molecule has 1 aliphatic rings. The molecule has 0 radical (unpaired) electrons. The summed E-state index contributed by atoms with van der Waals surface area (Å²) in [7, 11) is 2.19. The van der Waals surface area contributed by atoms with Crippen molar-refractivity contribution in [2.24, 2.45) is 0 Å². The highest BCUT2D eigenvalue weighted by Gasteiger charge is 2.13. The molecule has 1 aromatic carbocycles. The predicted octanol–water partition coefficient (Wildman–Crippen LogP) is 2.50. The van der Waals surface area contributed by atoms with Crippen molar-refractivity contribution in [2.45, 2.75) is 25.8 Å². The molecule has 1 heterocycles. The average molecular weight is 293 g/mol. The second kappa shape index (κ2) is 8.47. The summed E-state index contributed by atoms with van der Waals surface area (Å²) in [4.78, 5) is 4.93. The highest BCUT2D eigenvalue weighted by molar-refractivity contribution is 5.19. The van der Waals surface area contributed by atoms with E-state index in [4.69, 9.17) is 0 Å². The zero-order valence-electron chi connectivity index (χ0n) is 13.3. The van der Waals surface area contributed by atoms with Gasteiger partial charge in [0, 0.05) is 32.2 Å². The van der Waals surface area contributed by atoms with Crippen LogP contribution in [0, 0.1) is 5.82 Å². The summed E-state index contributed by atoms with van der Waals surface area (Å²) in [6, 6.07) is 7.19. The van der Waals surface area contributed by atoms with E-state index in [1.165, 1.54) is 44.7 Å². The fourth-order valence-electron chi connectivity index (χ4n) is 2.84. The smallest absolute Gasteiger partial charge is 0.123 e. The Hall–Kier alpha value is -0.970. The molecule has 4 heteroatoms. The largest absolute Gasteiger partial charge is 0.310 e. The van der Waals surface area contributed by atoms with Crippen molar-refractivity contribution in [2.75, 3.05) is 46.3 Å². The summed E-state index contributed by atoms with van der Waals surface area (Å²) in [5, 5.41) is 3.59. The molecule has 0 amide bonds. The third kappa shape index (κ3) is 5.38. The molecule has 1 aromatic rings. The molecule has 0 spiro atoms. The summed E-state index contributed by atoms with van der Waals surface area (Å²) < 4.78 is 13.0. The van der Waals surface area contributed by atoms with E-state index in [0.717, 1.165) is 13.0 Å². The Morgan fingerprint density at radius 2 is 1.81 bits per heavy atom. The van der Waals surface area contributed by atoms with Crippen LogP contribution in [0.4, 0.5) is 4.39 Å². The molecular formula is C17H28FN3. The highest BCUT2D eigenvalue weighted by atomic mass is 19.1. The zero-order chi connectivity index (χ0) is 15.1. The van der Waals surface area contributed by atoms with Crippen molar-refractivity contribution in [1.29, 1.82) is 0 Å². The first-order valence-electron chi connectivity index (χ1n) is 8.08. The SMILES string of the molecule is CCC(NCCCN1CCN(C)CC1)c1ccc(F)cc1. The Kier molecular flexibility index (Phi) is 6.61. The summed E-state index contributed by atoms with van der Waals surface area (Å²) in [6.07, 6.45) is 2.20. The van der Waals surface area contributed by atoms with Gasteiger partial charge in [-0.15, -0.1) is 0 Å². The molecule has 0 saturated carbocycles. The fraction of sp³-hybridized carbons (Fsp3) is 0.647. The molecule has 1 N–H and O–H groups in total. The molecule has 0 aromatic heterocycles. The molecule has 0 aliphatic carbocycles. The lowest BCUT2D eigenvalue weighted by atomic mass is 10.0. The zero-order valence-corrected chi connectivity index (χ0v) is 13.3. The molecule has 1 aliphatic heterocycles. The number of piperazine rings is 1. The average Bonchev–Trinajstić information content (AvgIpc) is 2.50. The lowest BCUT2D eigenvalue weighted by Crippen LogP contribution is -2.45. The van der Waals surface area contributed by atoms with Crippen molar-refractivity contribution in [1.82, 2.24) is 15.1 Å². The van der Waals surface area contributed by atoms with Crippen LogP contribution in [0.15, 0.2) is 24.3 Å². The summed E-state index contributed by atoms with van der Waals surface area (Å²) >= 11 is 0. The van der Waals surface area contributed by atoms with Gasteiger partial charge >= 0.3 is 0 Å². The maximum Gasteiger partial charge on any atom is 0.123 e. The molecule has 118 valence electrons. The second-order valence-electron chi connectivity index (χ2n) is 5.96. The van der Waals surface area contributed by atoms with E-state index in [-0.39, 0.29) is 5.82 Å². The third-order valence-corrected chi connectivity index (χ3v) is 4.32. The number of benzene rings is 1. The van der Waals surface area contributed by atoms with Gasteiger partial charge in [-0.2, -0.15) is 0 Å². The molecule has 1 unspecified atom stereocenters. The summed E-state index contributed by atoms with van der Waals surface area (Å²) in [5.41, 5.74) is 1.18. The molecule has 0 bridgehead atoms. The van der Waals surface area contributed by atoms with Gasteiger partial charge in [-0.1, -0.05) is 19.1 Å². The first kappa shape index (κ1) is 16.4. The Morgan fingerprint density at radius 3 is 2.43 bits per heavy atom. The number of nitrogens with one attached hydrogen (secondary N) is 1. The van der Waals surface area contributed by atoms with Crippen LogP contribution in [0.25, 0.3) is 0 Å². The van der Waals surface area contributed by atoms with E-state index in [9.17, 15) is 4.39 Å². The summed E-state index contributed by atoms with van der Waals surface area (Å²) in [6.45, 7) is 9.09. The standard InChI is InChI=1S/C17H28FN3/c1-3-17(15-5-7-16(18)8-6-15)19-9-4-10-21-13-11-20(2)12-14-21/h5-8,17,19H,3-4,9-14H2,1-2H3. The highest BCUT2D eigenvalue weighted by Crippen LogP contribution is 2.16. The van der Waals surface area contributed by atoms with Crippen LogP contribution >= 0.6 is 0 Å². The van der Waals surface area contributed by atoms with E-state index in [1.54, 1.807) is 12.1 Å². The molecule has 1 fully saturated rings. The topological polar surface area (TPSA) is 18.5 Å². The Morgan fingerprint density at radius 1 is 1.14 bits per heavy atom. The number of halogens is 1. The number of likely N-dealkylation sites (N-methyl/N-ethyl adjacent to an activating group) is 1. The van der Waals surface area contributed by atoms with E-state index < -0.39 is 0 Å². The monoisotopic (exact) mass is 293 g/mol. The minimum atomic E-state index is -0.163. The number of hydrogen-bond acceptors (Lipinski definition) is 3. The Bertz CT molecular complexity index is 399. The third-order valence-electron chi connectivity index (χ3n) is 4.32. The van der Waals surface area contributed by atoms with Gasteiger partial charge in [-0.3, -0.25) is 0 Å². The van der Waals surface area contributed by atoms with Crippen molar-refractivity contribution >= 4 is 0 Å². The van der Waals surface area contributed by atoms with E-state index in [2.05, 4.69) is 29.1 Å². The molecule has 2 rings (SSSR count). The first-order valence-corrected chi connectivity index (χ1v) is 8.08. The minimum Gasteiger partial charge on any atom is -0.310 e. The quantitative estimate of drug-likeness (QED) is 0.779. The van der Waals surface area contributed by atoms with Crippen molar-refractivity contribution in [3.63, 3.8) is 0 Å². The van der Waals surface area contributed by atoms with Crippen LogP contribution < -0.4 is 5.32 Å². The Labute approximate surface area is 128 Å². The van der Waals surface area contributed by atoms with Gasteiger partial charge in [-0.25, -0.2) is 4.39 Å². The van der Waals surface area contributed by atoms with Crippen LogP contribution in [-0.4, -0.2) is 56.1 Å². The maximum absolute atomic E-state index is 13.0. The maximum atomic E-state index is 13.0. The van der Waals surface area contributed by atoms with E-state index in [0.29, 0.717) is 6.04 Å². The first-order chi connectivity index (χ1) is 10.2. The fourth-order valence-corrected chi connectivity index (χ4v) is 2.84. The number of rotatable bonds is 7. The van der Waals surface area contributed by atoms with Crippen molar-refractivity contribution in [3.8, 4) is 0 Å². The van der Waals surface area contributed by atoms with Crippen LogP contribution in [0.5, 0.6) is 0 Å². The molecule has 1 saturated heterocycles. The minimum absolute atomic E-state index is 0.163. The van der Waals surface area contributed by atoms with Gasteiger partial charge < -0.3 is 15.1 Å². The van der Waals surface area contributed by atoms with Crippen LogP contribution in [0.2, 0.25) is 0 Å². The summed E-state index contributed by atoms with van der Waals surface area (Å²) in [5.74, 6) is -0.163. The predicted molar refractivity (Wildman–Crippen MR) is 86.0 cm³/mol. The van der Waals surface area contributed by atoms with Crippen LogP contribution in [0.3, 0.4) is 0 Å². The molecule has 3 nitrogen and oxygen atoms in total. The van der Waals surface area contributed by atoms with E-state index >= 15 is 0 Å². The van der Waals surface area contributed by atoms with Gasteiger partial charge in [0.1, 0.15) is 5.82 Å². The van der Waals surface area contributed by atoms with Gasteiger partial charge in [0.05, 0.1) is 0 Å². The molecule has 1 atom stereocenters. The van der Waals surface area contributed by atoms with Gasteiger partial charge in [-0.05, 0) is 50.7 Å². The number of hydrogen-bond donors (Lipinski definition) is 1. The van der Waals surface area contributed by atoms with Crippen molar-refractivity contribution < 1.29 is 4.39 Å². The van der Waals surface area contributed by atoms with Gasteiger partial charge in [0.15, 0.2) is 0 Å².